The van der Waals surface area contributed by atoms with Crippen LogP contribution in [0.1, 0.15) is 19.3 Å². The number of benzene rings is 1. The summed E-state index contributed by atoms with van der Waals surface area (Å²) in [6.07, 6.45) is 3.58. The maximum absolute atomic E-state index is 5.68. The number of nitrogens with two attached hydrogens (primary N) is 1. The molecule has 1 heterocycles. The van der Waals surface area contributed by atoms with Crippen molar-refractivity contribution < 1.29 is 14.2 Å². The van der Waals surface area contributed by atoms with Crippen LogP contribution in [0.25, 0.3) is 0 Å². The summed E-state index contributed by atoms with van der Waals surface area (Å²) in [5, 5.41) is 0. The molecule has 0 amide bonds. The highest BCUT2D eigenvalue weighted by Crippen LogP contribution is 2.29. The Hall–Kier alpha value is -1.42. The highest BCUT2D eigenvalue weighted by atomic mass is 16.5. The van der Waals surface area contributed by atoms with Gasteiger partial charge in [-0.05, 0) is 25.0 Å². The smallest absolute Gasteiger partial charge is 0.162 e. The summed E-state index contributed by atoms with van der Waals surface area (Å²) >= 11 is 0. The van der Waals surface area contributed by atoms with Gasteiger partial charge < -0.3 is 19.9 Å². The molecule has 1 atom stereocenters. The van der Waals surface area contributed by atoms with Gasteiger partial charge in [-0.25, -0.2) is 0 Å². The van der Waals surface area contributed by atoms with E-state index in [0.29, 0.717) is 24.1 Å². The lowest BCUT2D eigenvalue weighted by atomic mass is 10.2. The van der Waals surface area contributed by atoms with Crippen molar-refractivity contribution in [3.8, 4) is 11.5 Å². The van der Waals surface area contributed by atoms with Crippen molar-refractivity contribution in [2.75, 3.05) is 26.1 Å². The van der Waals surface area contributed by atoms with Crippen LogP contribution in [0.5, 0.6) is 11.5 Å². The van der Waals surface area contributed by atoms with E-state index in [0.717, 1.165) is 31.6 Å². The maximum atomic E-state index is 5.68. The quantitative estimate of drug-likeness (QED) is 0.798. The average Bonchev–Trinajstić information content (AvgIpc) is 2.84. The van der Waals surface area contributed by atoms with Gasteiger partial charge in [0.2, 0.25) is 0 Å². The summed E-state index contributed by atoms with van der Waals surface area (Å²) in [7, 11) is 1.61. The summed E-state index contributed by atoms with van der Waals surface area (Å²) in [4.78, 5) is 0. The van der Waals surface area contributed by atoms with E-state index < -0.39 is 0 Å². The normalized spacial score (nSPS) is 19.2. The Balaban J connectivity index is 1.85. The second kappa shape index (κ2) is 5.77. The van der Waals surface area contributed by atoms with Crippen LogP contribution in [-0.2, 0) is 4.74 Å². The summed E-state index contributed by atoms with van der Waals surface area (Å²) in [5.74, 6) is 1.41. The lowest BCUT2D eigenvalue weighted by molar-refractivity contribution is 0.0899. The molecule has 4 nitrogen and oxygen atoms in total. The van der Waals surface area contributed by atoms with Crippen LogP contribution in [0.4, 0.5) is 5.69 Å². The standard InChI is InChI=1S/C13H19NO3/c1-15-13-9-10(14)4-5-12(13)17-8-6-11-3-2-7-16-11/h4-5,9,11H,2-3,6-8,14H2,1H3. The average molecular weight is 237 g/mol. The molecule has 0 spiro atoms. The fourth-order valence-corrected chi connectivity index (χ4v) is 1.98. The van der Waals surface area contributed by atoms with Crippen molar-refractivity contribution in [1.29, 1.82) is 0 Å². The molecule has 0 radical (unpaired) electrons. The van der Waals surface area contributed by atoms with Gasteiger partial charge in [0.05, 0.1) is 19.8 Å². The van der Waals surface area contributed by atoms with Crippen molar-refractivity contribution in [2.45, 2.75) is 25.4 Å². The first-order valence-electron chi connectivity index (χ1n) is 5.97. The molecule has 1 unspecified atom stereocenters. The molecule has 1 aliphatic heterocycles. The molecular weight excluding hydrogens is 218 g/mol. The Morgan fingerprint density at radius 1 is 1.41 bits per heavy atom. The van der Waals surface area contributed by atoms with Crippen LogP contribution in [-0.4, -0.2) is 26.4 Å². The molecule has 0 aromatic heterocycles. The number of anilines is 1. The molecule has 17 heavy (non-hydrogen) atoms. The van der Waals surface area contributed by atoms with E-state index in [2.05, 4.69) is 0 Å². The number of nitrogen functional groups attached to an aromatic ring is 1. The van der Waals surface area contributed by atoms with E-state index in [1.807, 2.05) is 12.1 Å². The Kier molecular flexibility index (Phi) is 4.09. The number of hydrogen-bond acceptors (Lipinski definition) is 4. The maximum Gasteiger partial charge on any atom is 0.162 e. The van der Waals surface area contributed by atoms with Crippen molar-refractivity contribution >= 4 is 5.69 Å². The summed E-state index contributed by atoms with van der Waals surface area (Å²) < 4.78 is 16.4. The van der Waals surface area contributed by atoms with Crippen molar-refractivity contribution in [3.05, 3.63) is 18.2 Å². The van der Waals surface area contributed by atoms with Gasteiger partial charge in [-0.1, -0.05) is 0 Å². The molecule has 94 valence electrons. The van der Waals surface area contributed by atoms with Gasteiger partial charge in [-0.3, -0.25) is 0 Å². The Labute approximate surface area is 102 Å². The molecule has 0 aliphatic carbocycles. The van der Waals surface area contributed by atoms with Crippen LogP contribution in [0.2, 0.25) is 0 Å². The van der Waals surface area contributed by atoms with Gasteiger partial charge in [0.1, 0.15) is 0 Å². The topological polar surface area (TPSA) is 53.7 Å². The Morgan fingerprint density at radius 2 is 2.29 bits per heavy atom. The minimum absolute atomic E-state index is 0.356. The van der Waals surface area contributed by atoms with Gasteiger partial charge in [0.25, 0.3) is 0 Å². The zero-order valence-corrected chi connectivity index (χ0v) is 10.1. The molecule has 1 fully saturated rings. The number of hydrogen-bond donors (Lipinski definition) is 1. The van der Waals surface area contributed by atoms with Gasteiger partial charge in [0, 0.05) is 24.8 Å². The van der Waals surface area contributed by atoms with E-state index in [4.69, 9.17) is 19.9 Å². The van der Waals surface area contributed by atoms with Gasteiger partial charge in [-0.2, -0.15) is 0 Å². The third-order valence-corrected chi connectivity index (χ3v) is 2.91. The largest absolute Gasteiger partial charge is 0.493 e. The lowest BCUT2D eigenvalue weighted by Gasteiger charge is -2.13. The molecule has 0 bridgehead atoms. The fourth-order valence-electron chi connectivity index (χ4n) is 1.98. The zero-order valence-electron chi connectivity index (χ0n) is 10.1. The molecule has 2 N–H and O–H groups in total. The molecule has 0 saturated carbocycles. The van der Waals surface area contributed by atoms with E-state index >= 15 is 0 Å². The summed E-state index contributed by atoms with van der Waals surface area (Å²) in [6, 6.07) is 5.41. The monoisotopic (exact) mass is 237 g/mol. The van der Waals surface area contributed by atoms with Gasteiger partial charge in [0.15, 0.2) is 11.5 Å². The van der Waals surface area contributed by atoms with Crippen molar-refractivity contribution in [3.63, 3.8) is 0 Å². The van der Waals surface area contributed by atoms with Crippen LogP contribution in [0.3, 0.4) is 0 Å². The third-order valence-electron chi connectivity index (χ3n) is 2.91. The van der Waals surface area contributed by atoms with Crippen LogP contribution < -0.4 is 15.2 Å². The molecule has 2 rings (SSSR count). The fraction of sp³-hybridized carbons (Fsp3) is 0.538. The molecule has 1 aromatic carbocycles. The predicted molar refractivity (Wildman–Crippen MR) is 66.5 cm³/mol. The first-order chi connectivity index (χ1) is 8.29. The number of rotatable bonds is 5. The predicted octanol–water partition coefficient (Wildman–Crippen LogP) is 2.23. The molecule has 1 aromatic rings. The highest BCUT2D eigenvalue weighted by Gasteiger charge is 2.15. The van der Waals surface area contributed by atoms with Gasteiger partial charge in [-0.15, -0.1) is 0 Å². The van der Waals surface area contributed by atoms with E-state index in [1.165, 1.54) is 0 Å². The van der Waals surface area contributed by atoms with E-state index in [-0.39, 0.29) is 0 Å². The molecule has 4 heteroatoms. The van der Waals surface area contributed by atoms with Crippen molar-refractivity contribution in [1.82, 2.24) is 0 Å². The minimum Gasteiger partial charge on any atom is -0.493 e. The molecular formula is C13H19NO3. The third kappa shape index (κ3) is 3.27. The highest BCUT2D eigenvalue weighted by molar-refractivity contribution is 5.51. The van der Waals surface area contributed by atoms with E-state index in [1.54, 1.807) is 13.2 Å². The molecule has 1 aliphatic rings. The first kappa shape index (κ1) is 12.0. The number of ether oxygens (including phenoxy) is 3. The second-order valence-corrected chi connectivity index (χ2v) is 4.18. The van der Waals surface area contributed by atoms with Crippen LogP contribution in [0.15, 0.2) is 18.2 Å². The lowest BCUT2D eigenvalue weighted by Crippen LogP contribution is -2.11. The number of methoxy groups -OCH3 is 1. The minimum atomic E-state index is 0.356. The van der Waals surface area contributed by atoms with Crippen LogP contribution in [0, 0.1) is 0 Å². The summed E-state index contributed by atoms with van der Waals surface area (Å²) in [5.41, 5.74) is 6.35. The second-order valence-electron chi connectivity index (χ2n) is 4.18. The van der Waals surface area contributed by atoms with Gasteiger partial charge >= 0.3 is 0 Å². The molecule has 1 saturated heterocycles. The Morgan fingerprint density at radius 3 is 3.00 bits per heavy atom. The Bertz CT molecular complexity index is 362. The SMILES string of the molecule is COc1cc(N)ccc1OCCC1CCCO1. The first-order valence-corrected chi connectivity index (χ1v) is 5.97. The van der Waals surface area contributed by atoms with Crippen molar-refractivity contribution in [2.24, 2.45) is 0 Å². The zero-order chi connectivity index (χ0) is 12.1. The summed E-state index contributed by atoms with van der Waals surface area (Å²) in [6.45, 7) is 1.53. The van der Waals surface area contributed by atoms with Crippen LogP contribution >= 0.6 is 0 Å². The van der Waals surface area contributed by atoms with E-state index in [9.17, 15) is 0 Å².